The van der Waals surface area contributed by atoms with Gasteiger partial charge in [-0.25, -0.2) is 14.8 Å². The SMILES string of the molecule is O=C(O)C(F)(F)F.[2H]Cc1ccc(C(C)(O)C(F)(F)F)cc1-c1cnc2c(N)nc(C(C)(C)O)cn12. The van der Waals surface area contributed by atoms with Crippen molar-refractivity contribution >= 4 is 17.4 Å². The van der Waals surface area contributed by atoms with Gasteiger partial charge in [-0.1, -0.05) is 12.1 Å². The van der Waals surface area contributed by atoms with Crippen LogP contribution in [-0.4, -0.2) is 48.0 Å². The third-order valence-electron chi connectivity index (χ3n) is 4.89. The van der Waals surface area contributed by atoms with Crippen LogP contribution in [0, 0.1) is 6.90 Å². The Kier molecular flexibility index (Phi) is 6.74. The summed E-state index contributed by atoms with van der Waals surface area (Å²) >= 11 is 0. The number of rotatable bonds is 3. The topological polar surface area (TPSA) is 134 Å². The molecule has 0 fully saturated rings. The van der Waals surface area contributed by atoms with Crippen LogP contribution in [0.5, 0.6) is 0 Å². The van der Waals surface area contributed by atoms with Crippen molar-refractivity contribution in [1.29, 1.82) is 0 Å². The number of imidazole rings is 1. The highest BCUT2D eigenvalue weighted by atomic mass is 19.4. The Hall–Kier alpha value is -3.39. The fourth-order valence-electron chi connectivity index (χ4n) is 2.79. The molecule has 0 amide bonds. The van der Waals surface area contributed by atoms with Crippen molar-refractivity contribution in [2.45, 2.75) is 51.2 Å². The van der Waals surface area contributed by atoms with E-state index in [1.807, 2.05) is 0 Å². The number of aliphatic carboxylic acids is 1. The van der Waals surface area contributed by atoms with Crippen molar-refractivity contribution in [3.8, 4) is 11.3 Å². The van der Waals surface area contributed by atoms with Crippen LogP contribution in [0.3, 0.4) is 0 Å². The highest BCUT2D eigenvalue weighted by Gasteiger charge is 2.51. The number of nitrogen functional groups attached to an aromatic ring is 1. The Morgan fingerprint density at radius 1 is 1.11 bits per heavy atom. The van der Waals surface area contributed by atoms with Crippen molar-refractivity contribution in [1.82, 2.24) is 14.4 Å². The van der Waals surface area contributed by atoms with E-state index in [9.17, 15) is 36.6 Å². The van der Waals surface area contributed by atoms with E-state index in [0.717, 1.165) is 6.07 Å². The number of carboxylic acid groups (broad SMARTS) is 1. The van der Waals surface area contributed by atoms with Crippen molar-refractivity contribution < 1.29 is 47.8 Å². The van der Waals surface area contributed by atoms with E-state index in [2.05, 4.69) is 9.97 Å². The van der Waals surface area contributed by atoms with Gasteiger partial charge in [0.1, 0.15) is 5.60 Å². The van der Waals surface area contributed by atoms with E-state index in [1.165, 1.54) is 42.8 Å². The first-order valence-corrected chi connectivity index (χ1v) is 9.60. The lowest BCUT2D eigenvalue weighted by molar-refractivity contribution is -0.258. The van der Waals surface area contributed by atoms with Crippen LogP contribution < -0.4 is 5.73 Å². The minimum Gasteiger partial charge on any atom is -0.475 e. The molecule has 0 aliphatic rings. The molecule has 0 saturated carbocycles. The number of alkyl halides is 6. The summed E-state index contributed by atoms with van der Waals surface area (Å²) in [6, 6.07) is 3.72. The molecule has 0 bridgehead atoms. The van der Waals surface area contributed by atoms with Gasteiger partial charge < -0.3 is 21.1 Å². The summed E-state index contributed by atoms with van der Waals surface area (Å²) in [6.07, 6.45) is -7.06. The number of anilines is 1. The Morgan fingerprint density at radius 3 is 2.14 bits per heavy atom. The first kappa shape index (κ1) is 26.2. The molecule has 0 saturated heterocycles. The number of nitrogens with two attached hydrogens (primary N) is 1. The maximum absolute atomic E-state index is 13.3. The van der Waals surface area contributed by atoms with E-state index in [0.29, 0.717) is 23.7 Å². The second-order valence-electron chi connectivity index (χ2n) is 8.15. The minimum atomic E-state index is -5.08. The average Bonchev–Trinajstić information content (AvgIpc) is 3.16. The molecular weight excluding hydrogens is 486 g/mol. The Balaban J connectivity index is 0.000000572. The van der Waals surface area contributed by atoms with Gasteiger partial charge in [0.05, 0.1) is 17.6 Å². The van der Waals surface area contributed by atoms with E-state index in [4.69, 9.17) is 17.0 Å². The number of aryl methyl sites for hydroxylation is 1. The molecule has 8 nitrogen and oxygen atoms in total. The van der Waals surface area contributed by atoms with Gasteiger partial charge in [0.2, 0.25) is 0 Å². The van der Waals surface area contributed by atoms with Crippen LogP contribution in [0.2, 0.25) is 0 Å². The predicted octanol–water partition coefficient (Wildman–Crippen LogP) is 3.92. The number of aromatic nitrogens is 3. The number of hydrogen-bond donors (Lipinski definition) is 4. The zero-order chi connectivity index (χ0) is 27.9. The van der Waals surface area contributed by atoms with Crippen LogP contribution in [0.4, 0.5) is 32.2 Å². The molecule has 14 heteroatoms. The molecule has 1 aromatic carbocycles. The Labute approximate surface area is 196 Å². The fourth-order valence-corrected chi connectivity index (χ4v) is 2.79. The van der Waals surface area contributed by atoms with E-state index >= 15 is 0 Å². The normalized spacial score (nSPS) is 14.7. The maximum Gasteiger partial charge on any atom is 0.490 e. The fraction of sp³-hybridized carbons (Fsp3) is 0.381. The average molecular weight is 509 g/mol. The molecule has 0 radical (unpaired) electrons. The number of hydrogen-bond acceptors (Lipinski definition) is 6. The molecule has 3 aromatic rings. The third kappa shape index (κ3) is 5.82. The summed E-state index contributed by atoms with van der Waals surface area (Å²) in [5.41, 5.74) is 2.79. The molecule has 5 N–H and O–H groups in total. The van der Waals surface area contributed by atoms with Crippen LogP contribution >= 0.6 is 0 Å². The van der Waals surface area contributed by atoms with E-state index < -0.39 is 29.5 Å². The standard InChI is InChI=1S/C19H21F3N4O2.C2HF3O2/c1-10-5-6-11(18(4,28)19(20,21)22)7-12(10)13-8-24-16-15(23)25-14(9-26(13)16)17(2,3)27;3-2(4,5)1(6)7/h5-9,27-28H,1-4H3,(H2,23,25);(H,6,7)/i1D;. The Bertz CT molecular complexity index is 1270. The molecule has 0 aliphatic heterocycles. The number of aliphatic hydroxyl groups is 2. The van der Waals surface area contributed by atoms with Gasteiger partial charge in [-0.15, -0.1) is 0 Å². The molecule has 2 heterocycles. The van der Waals surface area contributed by atoms with Crippen LogP contribution in [0.15, 0.2) is 30.6 Å². The second-order valence-corrected chi connectivity index (χ2v) is 8.15. The van der Waals surface area contributed by atoms with E-state index in [-0.39, 0.29) is 29.6 Å². The van der Waals surface area contributed by atoms with E-state index in [1.54, 1.807) is 0 Å². The summed E-state index contributed by atoms with van der Waals surface area (Å²) in [6.45, 7) is 3.52. The van der Waals surface area contributed by atoms with Crippen LogP contribution in [0.25, 0.3) is 16.9 Å². The number of carboxylic acids is 1. The highest BCUT2D eigenvalue weighted by Crippen LogP contribution is 2.40. The van der Waals surface area contributed by atoms with Gasteiger partial charge in [0.15, 0.2) is 17.1 Å². The largest absolute Gasteiger partial charge is 0.490 e. The lowest BCUT2D eigenvalue weighted by Gasteiger charge is -2.27. The number of nitrogens with zero attached hydrogens (tertiary/aromatic N) is 3. The summed E-state index contributed by atoms with van der Waals surface area (Å²) in [4.78, 5) is 17.2. The summed E-state index contributed by atoms with van der Waals surface area (Å²) in [7, 11) is 0. The number of benzene rings is 1. The van der Waals surface area contributed by atoms with Crippen molar-refractivity contribution in [2.75, 3.05) is 5.73 Å². The lowest BCUT2D eigenvalue weighted by Crippen LogP contribution is -2.39. The van der Waals surface area contributed by atoms with Gasteiger partial charge in [0.25, 0.3) is 0 Å². The predicted molar refractivity (Wildman–Crippen MR) is 112 cm³/mol. The summed E-state index contributed by atoms with van der Waals surface area (Å²) in [5.74, 6) is -2.71. The molecule has 0 spiro atoms. The van der Waals surface area contributed by atoms with Gasteiger partial charge in [-0.2, -0.15) is 26.3 Å². The molecule has 0 aliphatic carbocycles. The summed E-state index contributed by atoms with van der Waals surface area (Å²) < 4.78 is 80.9. The number of fused-ring (bicyclic) bond motifs is 1. The van der Waals surface area contributed by atoms with Gasteiger partial charge in [0, 0.05) is 13.1 Å². The van der Waals surface area contributed by atoms with Crippen molar-refractivity contribution in [3.63, 3.8) is 0 Å². The smallest absolute Gasteiger partial charge is 0.475 e. The molecule has 35 heavy (non-hydrogen) atoms. The first-order valence-electron chi connectivity index (χ1n) is 10.3. The maximum atomic E-state index is 13.3. The van der Waals surface area contributed by atoms with Crippen LogP contribution in [-0.2, 0) is 16.0 Å². The molecule has 1 atom stereocenters. The molecule has 3 rings (SSSR count). The minimum absolute atomic E-state index is 0.0433. The first-order chi connectivity index (χ1) is 16.2. The number of halogens is 6. The lowest BCUT2D eigenvalue weighted by atomic mass is 9.91. The molecule has 2 aromatic heterocycles. The van der Waals surface area contributed by atoms with Gasteiger partial charge in [-0.05, 0) is 44.9 Å². The van der Waals surface area contributed by atoms with Gasteiger partial charge in [-0.3, -0.25) is 4.40 Å². The third-order valence-corrected chi connectivity index (χ3v) is 4.89. The molecular formula is C21H22F6N4O4. The second kappa shape index (κ2) is 9.00. The Morgan fingerprint density at radius 2 is 1.69 bits per heavy atom. The van der Waals surface area contributed by atoms with Crippen molar-refractivity contribution in [3.05, 3.63) is 47.4 Å². The van der Waals surface area contributed by atoms with Gasteiger partial charge >= 0.3 is 18.3 Å². The zero-order valence-corrected chi connectivity index (χ0v) is 18.5. The van der Waals surface area contributed by atoms with Crippen LogP contribution in [0.1, 0.15) is 39.0 Å². The summed E-state index contributed by atoms with van der Waals surface area (Å²) in [5, 5.41) is 27.5. The quantitative estimate of drug-likeness (QED) is 0.393. The van der Waals surface area contributed by atoms with Crippen molar-refractivity contribution in [2.24, 2.45) is 0 Å². The molecule has 192 valence electrons. The molecule has 1 unspecified atom stereocenters. The monoisotopic (exact) mass is 509 g/mol. The highest BCUT2D eigenvalue weighted by molar-refractivity contribution is 5.73. The number of carbonyl (C=O) groups is 1. The zero-order valence-electron chi connectivity index (χ0n) is 19.5.